The third-order valence-corrected chi connectivity index (χ3v) is 1.93. The van der Waals surface area contributed by atoms with Crippen LogP contribution in [0.15, 0.2) is 30.0 Å². The van der Waals surface area contributed by atoms with Crippen molar-refractivity contribution in [3.63, 3.8) is 0 Å². The summed E-state index contributed by atoms with van der Waals surface area (Å²) in [5.41, 5.74) is 0.824. The van der Waals surface area contributed by atoms with Gasteiger partial charge in [-0.15, -0.1) is 0 Å². The highest BCUT2D eigenvalue weighted by atomic mass is 16.6. The fourth-order valence-corrected chi connectivity index (χ4v) is 1.24. The molecule has 1 rings (SSSR count). The lowest BCUT2D eigenvalue weighted by Gasteiger charge is -2.11. The smallest absolute Gasteiger partial charge is 0.243 e. The second-order valence-electron chi connectivity index (χ2n) is 3.75. The molecule has 0 unspecified atom stereocenters. The zero-order valence-corrected chi connectivity index (χ0v) is 9.64. The quantitative estimate of drug-likeness (QED) is 0.579. The number of rotatable bonds is 4. The first-order valence-electron chi connectivity index (χ1n) is 5.09. The van der Waals surface area contributed by atoms with E-state index >= 15 is 0 Å². The lowest BCUT2D eigenvalue weighted by atomic mass is 10.1. The minimum atomic E-state index is -0.411. The molecule has 86 valence electrons. The molecule has 16 heavy (non-hydrogen) atoms. The molecule has 0 aliphatic carbocycles. The lowest BCUT2D eigenvalue weighted by molar-refractivity contribution is -0.422. The van der Waals surface area contributed by atoms with Crippen LogP contribution in [0.2, 0.25) is 0 Å². The minimum Gasteiger partial charge on any atom is -0.490 e. The maximum absolute atomic E-state index is 10.5. The van der Waals surface area contributed by atoms with Crippen molar-refractivity contribution in [3.8, 4) is 5.75 Å². The van der Waals surface area contributed by atoms with Crippen LogP contribution < -0.4 is 4.74 Å². The van der Waals surface area contributed by atoms with Crippen molar-refractivity contribution in [2.45, 2.75) is 26.9 Å². The van der Waals surface area contributed by atoms with E-state index < -0.39 is 4.92 Å². The maximum atomic E-state index is 10.5. The van der Waals surface area contributed by atoms with E-state index in [-0.39, 0.29) is 11.8 Å². The predicted molar refractivity (Wildman–Crippen MR) is 62.9 cm³/mol. The second-order valence-corrected chi connectivity index (χ2v) is 3.75. The number of allylic oxidation sites excluding steroid dienone is 1. The van der Waals surface area contributed by atoms with Gasteiger partial charge >= 0.3 is 0 Å². The van der Waals surface area contributed by atoms with Crippen molar-refractivity contribution >= 4 is 6.08 Å². The van der Waals surface area contributed by atoms with E-state index in [1.807, 2.05) is 26.0 Å². The fourth-order valence-electron chi connectivity index (χ4n) is 1.24. The Kier molecular flexibility index (Phi) is 4.05. The molecule has 0 aliphatic rings. The van der Waals surface area contributed by atoms with Crippen molar-refractivity contribution in [2.24, 2.45) is 0 Å². The van der Waals surface area contributed by atoms with E-state index in [2.05, 4.69) is 0 Å². The Bertz CT molecular complexity index is 410. The van der Waals surface area contributed by atoms with Gasteiger partial charge in [-0.05, 0) is 19.9 Å². The van der Waals surface area contributed by atoms with Crippen LogP contribution in [0.4, 0.5) is 0 Å². The minimum absolute atomic E-state index is 0.0467. The van der Waals surface area contributed by atoms with Crippen molar-refractivity contribution in [1.82, 2.24) is 0 Å². The molecule has 0 aliphatic heterocycles. The zero-order valence-electron chi connectivity index (χ0n) is 9.64. The molecule has 4 nitrogen and oxygen atoms in total. The highest BCUT2D eigenvalue weighted by Crippen LogP contribution is 2.22. The van der Waals surface area contributed by atoms with E-state index in [9.17, 15) is 10.1 Å². The van der Waals surface area contributed by atoms with Crippen molar-refractivity contribution in [3.05, 3.63) is 45.6 Å². The second kappa shape index (κ2) is 5.30. The van der Waals surface area contributed by atoms with Crippen LogP contribution in [0, 0.1) is 10.1 Å². The van der Waals surface area contributed by atoms with E-state index in [1.54, 1.807) is 12.1 Å². The number of benzene rings is 1. The number of ether oxygens (including phenoxy) is 1. The van der Waals surface area contributed by atoms with Crippen LogP contribution in [0.5, 0.6) is 5.75 Å². The highest BCUT2D eigenvalue weighted by molar-refractivity contribution is 5.58. The lowest BCUT2D eigenvalue weighted by Crippen LogP contribution is -2.06. The number of hydrogen-bond acceptors (Lipinski definition) is 3. The van der Waals surface area contributed by atoms with Crippen LogP contribution in [0.3, 0.4) is 0 Å². The molecule has 0 aromatic heterocycles. The van der Waals surface area contributed by atoms with Gasteiger partial charge in [0.1, 0.15) is 5.75 Å². The molecule has 0 bridgehead atoms. The molecule has 0 spiro atoms. The zero-order chi connectivity index (χ0) is 12.1. The van der Waals surface area contributed by atoms with Crippen LogP contribution in [-0.4, -0.2) is 11.0 Å². The van der Waals surface area contributed by atoms with Gasteiger partial charge in [0.25, 0.3) is 0 Å². The monoisotopic (exact) mass is 221 g/mol. The molecule has 1 aromatic carbocycles. The first-order chi connectivity index (χ1) is 7.50. The van der Waals surface area contributed by atoms with E-state index in [0.29, 0.717) is 5.75 Å². The molecule has 0 saturated carbocycles. The molecule has 0 saturated heterocycles. The number of nitrogens with zero attached hydrogens (tertiary/aromatic N) is 1. The Hall–Kier alpha value is -1.84. The van der Waals surface area contributed by atoms with Gasteiger partial charge < -0.3 is 4.74 Å². The van der Waals surface area contributed by atoms with Crippen LogP contribution in [0.25, 0.3) is 6.08 Å². The van der Waals surface area contributed by atoms with Crippen molar-refractivity contribution in [1.29, 1.82) is 0 Å². The van der Waals surface area contributed by atoms with Gasteiger partial charge in [-0.25, -0.2) is 0 Å². The summed E-state index contributed by atoms with van der Waals surface area (Å²) in [7, 11) is 0. The first-order valence-corrected chi connectivity index (χ1v) is 5.09. The van der Waals surface area contributed by atoms with Crippen LogP contribution in [-0.2, 0) is 0 Å². The van der Waals surface area contributed by atoms with E-state index in [4.69, 9.17) is 4.74 Å². The molecular weight excluding hydrogens is 206 g/mol. The molecule has 1 aromatic rings. The Morgan fingerprint density at radius 2 is 2.06 bits per heavy atom. The molecule has 0 atom stereocenters. The topological polar surface area (TPSA) is 52.4 Å². The largest absolute Gasteiger partial charge is 0.490 e. The average molecular weight is 221 g/mol. The summed E-state index contributed by atoms with van der Waals surface area (Å²) in [6.45, 7) is 5.30. The summed E-state index contributed by atoms with van der Waals surface area (Å²) in [4.78, 5) is 10.1. The SMILES string of the molecule is CC(=Cc1ccccc1OC(C)C)[N+](=O)[O-]. The standard InChI is InChI=1S/C12H15NO3/c1-9(2)16-12-7-5-4-6-11(12)8-10(3)13(14)15/h4-9H,1-3H3. The number of para-hydroxylation sites is 1. The molecular formula is C12H15NO3. The molecule has 4 heteroatoms. The summed E-state index contributed by atoms with van der Waals surface area (Å²) in [5.74, 6) is 0.665. The van der Waals surface area contributed by atoms with E-state index in [0.717, 1.165) is 5.56 Å². The summed E-state index contributed by atoms with van der Waals surface area (Å²) in [6.07, 6.45) is 1.56. The first kappa shape index (κ1) is 12.2. The normalized spacial score (nSPS) is 11.6. The summed E-state index contributed by atoms with van der Waals surface area (Å²) in [6, 6.07) is 7.27. The molecule has 0 radical (unpaired) electrons. The molecule has 0 fully saturated rings. The summed E-state index contributed by atoms with van der Waals surface area (Å²) < 4.78 is 5.56. The number of hydrogen-bond donors (Lipinski definition) is 0. The summed E-state index contributed by atoms with van der Waals surface area (Å²) in [5, 5.41) is 10.5. The van der Waals surface area contributed by atoms with Crippen LogP contribution >= 0.6 is 0 Å². The van der Waals surface area contributed by atoms with Gasteiger partial charge in [0.05, 0.1) is 11.0 Å². The van der Waals surface area contributed by atoms with Gasteiger partial charge in [-0.3, -0.25) is 10.1 Å². The fraction of sp³-hybridized carbons (Fsp3) is 0.333. The van der Waals surface area contributed by atoms with Crippen LogP contribution in [0.1, 0.15) is 26.3 Å². The Morgan fingerprint density at radius 1 is 1.44 bits per heavy atom. The van der Waals surface area contributed by atoms with Crippen molar-refractivity contribution in [2.75, 3.05) is 0 Å². The Labute approximate surface area is 94.7 Å². The Balaban J connectivity index is 3.04. The van der Waals surface area contributed by atoms with Gasteiger partial charge in [0.2, 0.25) is 5.70 Å². The van der Waals surface area contributed by atoms with Gasteiger partial charge in [-0.2, -0.15) is 0 Å². The van der Waals surface area contributed by atoms with E-state index in [1.165, 1.54) is 13.0 Å². The molecule has 0 amide bonds. The third kappa shape index (κ3) is 3.38. The number of nitro groups is 1. The Morgan fingerprint density at radius 3 is 2.62 bits per heavy atom. The van der Waals surface area contributed by atoms with Crippen molar-refractivity contribution < 1.29 is 9.66 Å². The third-order valence-electron chi connectivity index (χ3n) is 1.93. The van der Waals surface area contributed by atoms with Gasteiger partial charge in [0, 0.05) is 18.6 Å². The van der Waals surface area contributed by atoms with Gasteiger partial charge in [0.15, 0.2) is 0 Å². The maximum Gasteiger partial charge on any atom is 0.243 e. The predicted octanol–water partition coefficient (Wildman–Crippen LogP) is 3.11. The molecule has 0 heterocycles. The highest BCUT2D eigenvalue weighted by Gasteiger charge is 2.07. The molecule has 0 N–H and O–H groups in total. The summed E-state index contributed by atoms with van der Waals surface area (Å²) >= 11 is 0. The van der Waals surface area contributed by atoms with Gasteiger partial charge in [-0.1, -0.05) is 18.2 Å². The average Bonchev–Trinajstić information content (AvgIpc) is 2.20.